The van der Waals surface area contributed by atoms with E-state index in [0.717, 1.165) is 0 Å². The molecule has 0 radical (unpaired) electrons. The molecular weight excluding hydrogens is 372 g/mol. The van der Waals surface area contributed by atoms with Crippen LogP contribution in [0.1, 0.15) is 29.8 Å². The molecular formula is C18H20N2O6S. The van der Waals surface area contributed by atoms with E-state index < -0.39 is 20.9 Å². The van der Waals surface area contributed by atoms with Crippen molar-refractivity contribution in [2.24, 2.45) is 0 Å². The van der Waals surface area contributed by atoms with Crippen molar-refractivity contribution in [2.45, 2.75) is 25.3 Å². The van der Waals surface area contributed by atoms with E-state index in [-0.39, 0.29) is 22.8 Å². The largest absolute Gasteiger partial charge is 0.457 e. The highest BCUT2D eigenvalue weighted by Gasteiger charge is 2.21. The summed E-state index contributed by atoms with van der Waals surface area (Å²) in [5, 5.41) is 10.8. The number of carbonyl (C=O) groups excluding carboxylic acids is 1. The average molecular weight is 392 g/mol. The second kappa shape index (κ2) is 8.74. The highest BCUT2D eigenvalue weighted by molar-refractivity contribution is 7.89. The SMILES string of the molecule is CCN(CC)S(=O)(=O)c1ccc(C(=O)OCc2cccc([N+](=O)[O-])c2)cc1. The van der Waals surface area contributed by atoms with Crippen LogP contribution in [-0.4, -0.2) is 36.7 Å². The van der Waals surface area contributed by atoms with E-state index in [0.29, 0.717) is 18.7 Å². The molecule has 0 N–H and O–H groups in total. The smallest absolute Gasteiger partial charge is 0.338 e. The number of benzene rings is 2. The van der Waals surface area contributed by atoms with Crippen LogP contribution >= 0.6 is 0 Å². The zero-order valence-corrected chi connectivity index (χ0v) is 15.8. The van der Waals surface area contributed by atoms with Gasteiger partial charge in [0.1, 0.15) is 6.61 Å². The second-order valence-corrected chi connectivity index (χ2v) is 7.55. The molecule has 0 fully saturated rings. The van der Waals surface area contributed by atoms with Crippen LogP contribution in [0.25, 0.3) is 0 Å². The summed E-state index contributed by atoms with van der Waals surface area (Å²) in [6.45, 7) is 4.08. The Bertz CT molecular complexity index is 921. The number of carbonyl (C=O) groups is 1. The summed E-state index contributed by atoms with van der Waals surface area (Å²) < 4.78 is 31.3. The van der Waals surface area contributed by atoms with Crippen LogP contribution in [0.15, 0.2) is 53.4 Å². The molecule has 0 saturated heterocycles. The zero-order valence-electron chi connectivity index (χ0n) is 15.0. The fourth-order valence-corrected chi connectivity index (χ4v) is 3.93. The molecule has 144 valence electrons. The summed E-state index contributed by atoms with van der Waals surface area (Å²) in [4.78, 5) is 22.5. The first-order chi connectivity index (χ1) is 12.8. The van der Waals surface area contributed by atoms with Crippen molar-refractivity contribution >= 4 is 21.7 Å². The van der Waals surface area contributed by atoms with E-state index in [1.165, 1.54) is 46.8 Å². The normalized spacial score (nSPS) is 11.4. The van der Waals surface area contributed by atoms with Crippen molar-refractivity contribution in [3.63, 3.8) is 0 Å². The minimum Gasteiger partial charge on any atom is -0.457 e. The third-order valence-corrected chi connectivity index (χ3v) is 5.99. The Morgan fingerprint density at radius 2 is 1.74 bits per heavy atom. The molecule has 0 aliphatic heterocycles. The summed E-state index contributed by atoms with van der Waals surface area (Å²) in [6.07, 6.45) is 0. The number of rotatable bonds is 8. The number of ether oxygens (including phenoxy) is 1. The van der Waals surface area contributed by atoms with Crippen LogP contribution in [0.4, 0.5) is 5.69 Å². The lowest BCUT2D eigenvalue weighted by Crippen LogP contribution is -2.30. The van der Waals surface area contributed by atoms with Gasteiger partial charge in [-0.1, -0.05) is 26.0 Å². The minimum absolute atomic E-state index is 0.0884. The molecule has 0 amide bonds. The Balaban J connectivity index is 2.08. The Morgan fingerprint density at radius 1 is 1.11 bits per heavy atom. The fraction of sp³-hybridized carbons (Fsp3) is 0.278. The topological polar surface area (TPSA) is 107 Å². The summed E-state index contributed by atoms with van der Waals surface area (Å²) in [7, 11) is -3.59. The Labute approximate surface area is 157 Å². The van der Waals surface area contributed by atoms with E-state index >= 15 is 0 Å². The van der Waals surface area contributed by atoms with Gasteiger partial charge in [-0.2, -0.15) is 4.31 Å². The maximum Gasteiger partial charge on any atom is 0.338 e. The third kappa shape index (κ3) is 4.89. The molecule has 9 heteroatoms. The van der Waals surface area contributed by atoms with Crippen molar-refractivity contribution in [3.8, 4) is 0 Å². The molecule has 2 aromatic rings. The van der Waals surface area contributed by atoms with Crippen LogP contribution in [-0.2, 0) is 21.4 Å². The zero-order chi connectivity index (χ0) is 20.0. The average Bonchev–Trinajstić information content (AvgIpc) is 2.67. The van der Waals surface area contributed by atoms with E-state index in [4.69, 9.17) is 4.74 Å². The number of hydrogen-bond acceptors (Lipinski definition) is 6. The minimum atomic E-state index is -3.59. The molecule has 0 aliphatic rings. The molecule has 0 atom stereocenters. The molecule has 0 bridgehead atoms. The lowest BCUT2D eigenvalue weighted by atomic mass is 10.2. The van der Waals surface area contributed by atoms with Gasteiger partial charge in [0.05, 0.1) is 15.4 Å². The molecule has 2 rings (SSSR count). The number of hydrogen-bond donors (Lipinski definition) is 0. The molecule has 8 nitrogen and oxygen atoms in total. The van der Waals surface area contributed by atoms with E-state index in [1.54, 1.807) is 19.9 Å². The van der Waals surface area contributed by atoms with Gasteiger partial charge in [0, 0.05) is 25.2 Å². The van der Waals surface area contributed by atoms with Crippen molar-refractivity contribution in [1.82, 2.24) is 4.31 Å². The number of nitro groups is 1. The quantitative estimate of drug-likeness (QED) is 0.388. The molecule has 0 aliphatic carbocycles. The maximum atomic E-state index is 12.4. The Morgan fingerprint density at radius 3 is 2.30 bits per heavy atom. The maximum absolute atomic E-state index is 12.4. The lowest BCUT2D eigenvalue weighted by molar-refractivity contribution is -0.384. The standard InChI is InChI=1S/C18H20N2O6S/c1-3-19(4-2)27(24,25)17-10-8-15(9-11-17)18(21)26-13-14-6-5-7-16(12-14)20(22)23/h5-12H,3-4,13H2,1-2H3. The summed E-state index contributed by atoms with van der Waals surface area (Å²) in [6, 6.07) is 11.3. The first-order valence-electron chi connectivity index (χ1n) is 8.30. The molecule has 0 aromatic heterocycles. The molecule has 0 spiro atoms. The van der Waals surface area contributed by atoms with Crippen LogP contribution in [0, 0.1) is 10.1 Å². The van der Waals surface area contributed by atoms with Crippen LogP contribution in [0.2, 0.25) is 0 Å². The highest BCUT2D eigenvalue weighted by atomic mass is 32.2. The summed E-state index contributed by atoms with van der Waals surface area (Å²) >= 11 is 0. The number of nitro benzene ring substituents is 1. The summed E-state index contributed by atoms with van der Waals surface area (Å²) in [5.74, 6) is -0.645. The number of esters is 1. The van der Waals surface area contributed by atoms with Gasteiger partial charge in [0.15, 0.2) is 0 Å². The third-order valence-electron chi connectivity index (χ3n) is 3.92. The van der Waals surface area contributed by atoms with Crippen LogP contribution < -0.4 is 0 Å². The molecule has 0 unspecified atom stereocenters. The Hall–Kier alpha value is -2.78. The van der Waals surface area contributed by atoms with Gasteiger partial charge in [-0.15, -0.1) is 0 Å². The van der Waals surface area contributed by atoms with Gasteiger partial charge in [-0.3, -0.25) is 10.1 Å². The molecule has 2 aromatic carbocycles. The predicted octanol–water partition coefficient (Wildman–Crippen LogP) is 2.98. The van der Waals surface area contributed by atoms with E-state index in [1.807, 2.05) is 0 Å². The van der Waals surface area contributed by atoms with Crippen molar-refractivity contribution in [3.05, 3.63) is 69.8 Å². The van der Waals surface area contributed by atoms with Crippen molar-refractivity contribution < 1.29 is 22.9 Å². The summed E-state index contributed by atoms with van der Waals surface area (Å²) in [5.41, 5.74) is 0.590. The Kier molecular flexibility index (Phi) is 6.65. The number of sulfonamides is 1. The van der Waals surface area contributed by atoms with Crippen LogP contribution in [0.3, 0.4) is 0 Å². The molecule has 27 heavy (non-hydrogen) atoms. The number of non-ortho nitro benzene ring substituents is 1. The highest BCUT2D eigenvalue weighted by Crippen LogP contribution is 2.18. The van der Waals surface area contributed by atoms with Gasteiger partial charge in [-0.05, 0) is 29.8 Å². The predicted molar refractivity (Wildman–Crippen MR) is 98.8 cm³/mol. The lowest BCUT2D eigenvalue weighted by Gasteiger charge is -2.18. The van der Waals surface area contributed by atoms with Crippen molar-refractivity contribution in [1.29, 1.82) is 0 Å². The van der Waals surface area contributed by atoms with Gasteiger partial charge in [0.2, 0.25) is 10.0 Å². The van der Waals surface area contributed by atoms with Crippen molar-refractivity contribution in [2.75, 3.05) is 13.1 Å². The van der Waals surface area contributed by atoms with Crippen LogP contribution in [0.5, 0.6) is 0 Å². The fourth-order valence-electron chi connectivity index (χ4n) is 2.47. The van der Waals surface area contributed by atoms with E-state index in [9.17, 15) is 23.3 Å². The van der Waals surface area contributed by atoms with Gasteiger partial charge in [0.25, 0.3) is 5.69 Å². The second-order valence-electron chi connectivity index (χ2n) is 5.62. The van der Waals surface area contributed by atoms with Gasteiger partial charge < -0.3 is 4.74 Å². The molecule has 0 saturated carbocycles. The van der Waals surface area contributed by atoms with E-state index in [2.05, 4.69) is 0 Å². The first-order valence-corrected chi connectivity index (χ1v) is 9.74. The monoisotopic (exact) mass is 392 g/mol. The molecule has 0 heterocycles. The number of nitrogens with zero attached hydrogens (tertiary/aromatic N) is 2. The first kappa shape index (κ1) is 20.5. The van der Waals surface area contributed by atoms with Gasteiger partial charge in [-0.25, -0.2) is 13.2 Å². The van der Waals surface area contributed by atoms with Gasteiger partial charge >= 0.3 is 5.97 Å².